The van der Waals surface area contributed by atoms with Crippen molar-refractivity contribution >= 4 is 17.7 Å². The van der Waals surface area contributed by atoms with E-state index >= 15 is 0 Å². The molecular formula is C14H15ClFNO2. The first-order valence-corrected chi connectivity index (χ1v) is 6.57. The lowest BCUT2D eigenvalue weighted by Gasteiger charge is -2.23. The molecular weight excluding hydrogens is 269 g/mol. The zero-order valence-corrected chi connectivity index (χ0v) is 11.5. The molecule has 1 saturated carbocycles. The lowest BCUT2D eigenvalue weighted by atomic mass is 9.88. The molecule has 1 aromatic rings. The van der Waals surface area contributed by atoms with Gasteiger partial charge < -0.3 is 4.74 Å². The fraction of sp³-hybridized carbons (Fsp3) is 0.500. The van der Waals surface area contributed by atoms with Gasteiger partial charge in [0.2, 0.25) is 6.08 Å². The second kappa shape index (κ2) is 5.83. The summed E-state index contributed by atoms with van der Waals surface area (Å²) in [6.07, 6.45) is 4.99. The summed E-state index contributed by atoms with van der Waals surface area (Å²) in [6, 6.07) is 3.09. The predicted octanol–water partition coefficient (Wildman–Crippen LogP) is 3.73. The number of aliphatic imine (C=N–C) groups is 1. The van der Waals surface area contributed by atoms with Crippen LogP contribution in [0.15, 0.2) is 17.1 Å². The molecule has 1 aliphatic rings. The molecule has 2 rings (SSSR count). The van der Waals surface area contributed by atoms with Crippen molar-refractivity contribution in [2.24, 2.45) is 4.99 Å². The Balaban J connectivity index is 2.48. The van der Waals surface area contributed by atoms with E-state index in [0.717, 1.165) is 25.7 Å². The van der Waals surface area contributed by atoms with Gasteiger partial charge in [0.1, 0.15) is 5.82 Å². The van der Waals surface area contributed by atoms with Gasteiger partial charge in [0, 0.05) is 17.7 Å². The molecule has 0 unspecified atom stereocenters. The van der Waals surface area contributed by atoms with Gasteiger partial charge in [0.05, 0.1) is 12.1 Å². The van der Waals surface area contributed by atoms with Crippen molar-refractivity contribution in [2.75, 3.05) is 7.11 Å². The van der Waals surface area contributed by atoms with Crippen LogP contribution in [0.25, 0.3) is 0 Å². The zero-order chi connectivity index (χ0) is 13.9. The predicted molar refractivity (Wildman–Crippen MR) is 70.4 cm³/mol. The molecule has 1 aliphatic carbocycles. The maximum atomic E-state index is 14.1. The number of carbonyl (C=O) groups excluding carboxylic acids is 1. The van der Waals surface area contributed by atoms with Crippen LogP contribution in [0.2, 0.25) is 5.02 Å². The Hall–Kier alpha value is -1.22. The molecule has 0 spiro atoms. The molecule has 0 heterocycles. The summed E-state index contributed by atoms with van der Waals surface area (Å²) in [4.78, 5) is 14.6. The molecule has 0 amide bonds. The molecule has 0 radical (unpaired) electrons. The van der Waals surface area contributed by atoms with Crippen LogP contribution >= 0.6 is 11.6 Å². The Bertz CT molecular complexity index is 497. The highest BCUT2D eigenvalue weighted by molar-refractivity contribution is 6.31. The van der Waals surface area contributed by atoms with E-state index in [1.807, 2.05) is 0 Å². The standard InChI is InChI=1S/C14H15ClFNO2/c1-19-8-11-12(15)6-10(7-13(11)16)14(17-9-18)4-2-3-5-14/h6-7H,2-5,8H2,1H3. The largest absolute Gasteiger partial charge is 0.380 e. The Morgan fingerprint density at radius 1 is 1.47 bits per heavy atom. The van der Waals surface area contributed by atoms with Gasteiger partial charge in [-0.05, 0) is 30.5 Å². The highest BCUT2D eigenvalue weighted by Crippen LogP contribution is 2.43. The fourth-order valence-corrected chi connectivity index (χ4v) is 2.93. The molecule has 1 fully saturated rings. The molecule has 0 saturated heterocycles. The number of nitrogens with zero attached hydrogens (tertiary/aromatic N) is 1. The average Bonchev–Trinajstić information content (AvgIpc) is 2.84. The first-order valence-electron chi connectivity index (χ1n) is 6.19. The van der Waals surface area contributed by atoms with Crippen molar-refractivity contribution in [3.8, 4) is 0 Å². The number of ether oxygens (including phenoxy) is 1. The van der Waals surface area contributed by atoms with E-state index in [1.54, 1.807) is 12.1 Å². The third-order valence-electron chi connectivity index (χ3n) is 3.66. The number of isocyanates is 1. The Kier molecular flexibility index (Phi) is 4.35. The van der Waals surface area contributed by atoms with Gasteiger partial charge in [0.15, 0.2) is 0 Å². The van der Waals surface area contributed by atoms with Gasteiger partial charge in [-0.15, -0.1) is 0 Å². The summed E-state index contributed by atoms with van der Waals surface area (Å²) in [5.41, 5.74) is 0.324. The lowest BCUT2D eigenvalue weighted by molar-refractivity contribution is 0.181. The molecule has 5 heteroatoms. The Morgan fingerprint density at radius 3 is 2.68 bits per heavy atom. The maximum Gasteiger partial charge on any atom is 0.235 e. The minimum absolute atomic E-state index is 0.120. The third kappa shape index (κ3) is 2.71. The zero-order valence-electron chi connectivity index (χ0n) is 10.7. The van der Waals surface area contributed by atoms with E-state index in [4.69, 9.17) is 16.3 Å². The molecule has 3 nitrogen and oxygen atoms in total. The third-order valence-corrected chi connectivity index (χ3v) is 3.99. The average molecular weight is 284 g/mol. The van der Waals surface area contributed by atoms with Crippen LogP contribution in [0.4, 0.5) is 4.39 Å². The molecule has 19 heavy (non-hydrogen) atoms. The number of hydrogen-bond donors (Lipinski definition) is 0. The second-order valence-electron chi connectivity index (χ2n) is 4.79. The number of rotatable bonds is 4. The van der Waals surface area contributed by atoms with Gasteiger partial charge in [-0.1, -0.05) is 24.4 Å². The van der Waals surface area contributed by atoms with Gasteiger partial charge in [-0.2, -0.15) is 4.99 Å². The van der Waals surface area contributed by atoms with Gasteiger partial charge >= 0.3 is 0 Å². The van der Waals surface area contributed by atoms with E-state index in [2.05, 4.69) is 4.99 Å². The normalized spacial score (nSPS) is 17.2. The number of benzene rings is 1. The minimum atomic E-state index is -0.655. The van der Waals surface area contributed by atoms with E-state index in [-0.39, 0.29) is 6.61 Å². The van der Waals surface area contributed by atoms with Gasteiger partial charge in [-0.25, -0.2) is 9.18 Å². The monoisotopic (exact) mass is 283 g/mol. The number of hydrogen-bond acceptors (Lipinski definition) is 3. The number of halogens is 2. The van der Waals surface area contributed by atoms with Crippen molar-refractivity contribution in [1.82, 2.24) is 0 Å². The Labute approximate surface area is 116 Å². The highest BCUT2D eigenvalue weighted by Gasteiger charge is 2.36. The first-order chi connectivity index (χ1) is 9.13. The van der Waals surface area contributed by atoms with Crippen LogP contribution in [-0.2, 0) is 21.7 Å². The summed E-state index contributed by atoms with van der Waals surface area (Å²) in [5, 5.41) is 0.309. The summed E-state index contributed by atoms with van der Waals surface area (Å²) in [5.74, 6) is -0.420. The second-order valence-corrected chi connectivity index (χ2v) is 5.20. The van der Waals surface area contributed by atoms with Crippen molar-refractivity contribution < 1.29 is 13.9 Å². The number of methoxy groups -OCH3 is 1. The molecule has 1 aromatic carbocycles. The minimum Gasteiger partial charge on any atom is -0.380 e. The van der Waals surface area contributed by atoms with Gasteiger partial charge in [0.25, 0.3) is 0 Å². The summed E-state index contributed by atoms with van der Waals surface area (Å²) in [7, 11) is 1.48. The van der Waals surface area contributed by atoms with Crippen molar-refractivity contribution in [2.45, 2.75) is 37.8 Å². The van der Waals surface area contributed by atoms with Crippen LogP contribution in [-0.4, -0.2) is 13.2 Å². The molecule has 0 aliphatic heterocycles. The van der Waals surface area contributed by atoms with Crippen molar-refractivity contribution in [3.05, 3.63) is 34.1 Å². The van der Waals surface area contributed by atoms with E-state index in [0.29, 0.717) is 16.1 Å². The van der Waals surface area contributed by atoms with Crippen LogP contribution in [0.5, 0.6) is 0 Å². The molecule has 0 aromatic heterocycles. The Morgan fingerprint density at radius 2 is 2.16 bits per heavy atom. The first kappa shape index (κ1) is 14.2. The molecule has 0 atom stereocenters. The lowest BCUT2D eigenvalue weighted by Crippen LogP contribution is -2.19. The smallest absolute Gasteiger partial charge is 0.235 e. The maximum absolute atomic E-state index is 14.1. The van der Waals surface area contributed by atoms with Crippen molar-refractivity contribution in [3.63, 3.8) is 0 Å². The van der Waals surface area contributed by atoms with Crippen LogP contribution in [0.1, 0.15) is 36.8 Å². The molecule has 102 valence electrons. The topological polar surface area (TPSA) is 38.7 Å². The SMILES string of the molecule is COCc1c(F)cc(C2(N=C=O)CCCC2)cc1Cl. The van der Waals surface area contributed by atoms with Crippen molar-refractivity contribution in [1.29, 1.82) is 0 Å². The summed E-state index contributed by atoms with van der Waals surface area (Å²) < 4.78 is 19.0. The molecule has 0 bridgehead atoms. The quantitative estimate of drug-likeness (QED) is 0.624. The van der Waals surface area contributed by atoms with Gasteiger partial charge in [-0.3, -0.25) is 0 Å². The van der Waals surface area contributed by atoms with E-state index in [9.17, 15) is 9.18 Å². The van der Waals surface area contributed by atoms with Crippen LogP contribution in [0.3, 0.4) is 0 Å². The van der Waals surface area contributed by atoms with E-state index in [1.165, 1.54) is 13.2 Å². The van der Waals surface area contributed by atoms with E-state index < -0.39 is 11.4 Å². The summed E-state index contributed by atoms with van der Waals surface area (Å²) in [6.45, 7) is 0.120. The van der Waals surface area contributed by atoms with Crippen LogP contribution in [0, 0.1) is 5.82 Å². The fourth-order valence-electron chi connectivity index (χ4n) is 2.67. The highest BCUT2D eigenvalue weighted by atomic mass is 35.5. The van der Waals surface area contributed by atoms with Crippen LogP contribution < -0.4 is 0 Å². The molecule has 0 N–H and O–H groups in total. The summed E-state index contributed by atoms with van der Waals surface area (Å²) >= 11 is 6.09.